The van der Waals surface area contributed by atoms with Crippen molar-refractivity contribution in [3.63, 3.8) is 0 Å². The highest BCUT2D eigenvalue weighted by Gasteiger charge is 2.75. The predicted octanol–water partition coefficient (Wildman–Crippen LogP) is 6.21. The zero-order valence-corrected chi connectivity index (χ0v) is 12.7. The van der Waals surface area contributed by atoms with E-state index in [-0.39, 0.29) is 6.61 Å². The van der Waals surface area contributed by atoms with Crippen LogP contribution in [0.1, 0.15) is 51.4 Å². The first-order valence-electron chi connectivity index (χ1n) is 6.89. The maximum Gasteiger partial charge on any atom is 0.597 e. The van der Waals surface area contributed by atoms with Crippen molar-refractivity contribution in [1.82, 2.24) is 0 Å². The molecule has 0 aliphatic rings. The van der Waals surface area contributed by atoms with Crippen molar-refractivity contribution in [2.45, 2.75) is 63.2 Å². The average Bonchev–Trinajstić information content (AvgIpc) is 2.39. The SMILES string of the molecule is C=CCCCCCCCCCO[P+](=O)C(F)(F)C(F)(F)F. The highest BCUT2D eigenvalue weighted by atomic mass is 31.1. The van der Waals surface area contributed by atoms with E-state index in [0.717, 1.165) is 38.5 Å². The normalized spacial score (nSPS) is 13.3. The number of rotatable bonds is 12. The third-order valence-corrected chi connectivity index (χ3v) is 3.96. The Labute approximate surface area is 122 Å². The van der Waals surface area contributed by atoms with Crippen LogP contribution in [0.25, 0.3) is 0 Å². The molecule has 0 bridgehead atoms. The lowest BCUT2D eigenvalue weighted by Crippen LogP contribution is -2.33. The van der Waals surface area contributed by atoms with E-state index in [4.69, 9.17) is 0 Å². The molecule has 0 N–H and O–H groups in total. The van der Waals surface area contributed by atoms with Gasteiger partial charge >= 0.3 is 19.9 Å². The van der Waals surface area contributed by atoms with Gasteiger partial charge in [0.1, 0.15) is 6.61 Å². The molecular formula is C13H21F5O2P+. The molecule has 0 saturated heterocycles. The third-order valence-electron chi connectivity index (χ3n) is 2.83. The number of halogens is 5. The van der Waals surface area contributed by atoms with Crippen molar-refractivity contribution >= 4 is 8.03 Å². The Kier molecular flexibility index (Phi) is 9.95. The van der Waals surface area contributed by atoms with Gasteiger partial charge in [-0.3, -0.25) is 0 Å². The van der Waals surface area contributed by atoms with E-state index >= 15 is 0 Å². The van der Waals surface area contributed by atoms with Gasteiger partial charge in [-0.25, -0.2) is 0 Å². The summed E-state index contributed by atoms with van der Waals surface area (Å²) in [4.78, 5) is 0. The fraction of sp³-hybridized carbons (Fsp3) is 0.846. The van der Waals surface area contributed by atoms with E-state index in [9.17, 15) is 26.5 Å². The third kappa shape index (κ3) is 8.47. The van der Waals surface area contributed by atoms with E-state index < -0.39 is 19.9 Å². The van der Waals surface area contributed by atoms with Crippen LogP contribution in [-0.4, -0.2) is 18.4 Å². The molecule has 0 fully saturated rings. The first-order valence-corrected chi connectivity index (χ1v) is 8.07. The molecule has 0 aliphatic heterocycles. The summed E-state index contributed by atoms with van der Waals surface area (Å²) in [6, 6.07) is 0. The number of allylic oxidation sites excluding steroid dienone is 1. The maximum atomic E-state index is 12.6. The minimum atomic E-state index is -5.84. The molecule has 124 valence electrons. The predicted molar refractivity (Wildman–Crippen MR) is 71.7 cm³/mol. The molecule has 0 aromatic carbocycles. The van der Waals surface area contributed by atoms with Crippen molar-refractivity contribution in [2.75, 3.05) is 6.61 Å². The molecule has 2 nitrogen and oxygen atoms in total. The molecule has 0 aromatic rings. The molecule has 0 aliphatic carbocycles. The smallest absolute Gasteiger partial charge is 0.161 e. The number of hydrogen-bond acceptors (Lipinski definition) is 2. The molecule has 0 aromatic heterocycles. The summed E-state index contributed by atoms with van der Waals surface area (Å²) in [5.41, 5.74) is -5.28. The molecule has 0 saturated carbocycles. The van der Waals surface area contributed by atoms with Gasteiger partial charge in [0.25, 0.3) is 0 Å². The van der Waals surface area contributed by atoms with Gasteiger partial charge in [-0.2, -0.15) is 13.2 Å². The minimum absolute atomic E-state index is 0.321. The van der Waals surface area contributed by atoms with Crippen LogP contribution >= 0.6 is 8.03 Å². The summed E-state index contributed by atoms with van der Waals surface area (Å²) >= 11 is 0. The highest BCUT2D eigenvalue weighted by molar-refractivity contribution is 7.40. The van der Waals surface area contributed by atoms with Crippen LogP contribution in [0.2, 0.25) is 0 Å². The number of unbranched alkanes of at least 4 members (excludes halogenated alkanes) is 7. The summed E-state index contributed by atoms with van der Waals surface area (Å²) in [5, 5.41) is 0. The number of hydrogen-bond donors (Lipinski definition) is 0. The second-order valence-corrected chi connectivity index (χ2v) is 6.02. The Morgan fingerprint density at radius 3 is 1.86 bits per heavy atom. The van der Waals surface area contributed by atoms with Gasteiger partial charge in [-0.05, 0) is 23.8 Å². The highest BCUT2D eigenvalue weighted by Crippen LogP contribution is 2.53. The van der Waals surface area contributed by atoms with Crippen molar-refractivity contribution in [3.05, 3.63) is 12.7 Å². The summed E-state index contributed by atoms with van der Waals surface area (Å²) in [5.74, 6) is 0. The fourth-order valence-electron chi connectivity index (χ4n) is 1.61. The maximum absolute atomic E-state index is 12.6. The standard InChI is InChI=1S/C13H21F5O2P/c1-2-3-4-5-6-7-8-9-10-11-20-21(19)13(17,18)12(14,15)16/h2H,1,3-11H2/q+1. The van der Waals surface area contributed by atoms with Crippen LogP contribution in [0, 0.1) is 0 Å². The Morgan fingerprint density at radius 1 is 0.905 bits per heavy atom. The zero-order valence-electron chi connectivity index (χ0n) is 11.8. The molecule has 0 heterocycles. The van der Waals surface area contributed by atoms with Gasteiger partial charge in [-0.1, -0.05) is 38.2 Å². The second-order valence-electron chi connectivity index (χ2n) is 4.68. The summed E-state index contributed by atoms with van der Waals surface area (Å²) < 4.78 is 75.6. The molecule has 0 amide bonds. The topological polar surface area (TPSA) is 26.3 Å². The van der Waals surface area contributed by atoms with Crippen LogP contribution < -0.4 is 0 Å². The lowest BCUT2D eigenvalue weighted by atomic mass is 10.1. The lowest BCUT2D eigenvalue weighted by molar-refractivity contribution is -0.244. The van der Waals surface area contributed by atoms with Gasteiger partial charge in [0.2, 0.25) is 0 Å². The van der Waals surface area contributed by atoms with Crippen LogP contribution in [0.4, 0.5) is 22.0 Å². The summed E-state index contributed by atoms with van der Waals surface area (Å²) in [7, 11) is -4.06. The fourth-order valence-corrected chi connectivity index (χ4v) is 2.27. The van der Waals surface area contributed by atoms with Gasteiger partial charge in [0.05, 0.1) is 0 Å². The average molecular weight is 335 g/mol. The molecule has 8 heteroatoms. The van der Waals surface area contributed by atoms with E-state index in [1.54, 1.807) is 0 Å². The zero-order chi connectivity index (χ0) is 16.4. The van der Waals surface area contributed by atoms with Crippen LogP contribution in [-0.2, 0) is 9.09 Å². The van der Waals surface area contributed by atoms with Crippen molar-refractivity contribution < 1.29 is 31.0 Å². The van der Waals surface area contributed by atoms with E-state index in [2.05, 4.69) is 11.1 Å². The monoisotopic (exact) mass is 335 g/mol. The first-order chi connectivity index (χ1) is 9.73. The van der Waals surface area contributed by atoms with E-state index in [1.165, 1.54) is 0 Å². The molecule has 21 heavy (non-hydrogen) atoms. The molecule has 1 unspecified atom stereocenters. The number of alkyl halides is 5. The quantitative estimate of drug-likeness (QED) is 0.183. The summed E-state index contributed by atoms with van der Waals surface area (Å²) in [6.07, 6.45) is 3.02. The molecule has 1 atom stereocenters. The van der Waals surface area contributed by atoms with E-state index in [1.807, 2.05) is 6.08 Å². The lowest BCUT2D eigenvalue weighted by Gasteiger charge is -2.07. The van der Waals surface area contributed by atoms with Crippen molar-refractivity contribution in [1.29, 1.82) is 0 Å². The Hall–Kier alpha value is -0.550. The van der Waals surface area contributed by atoms with Crippen molar-refractivity contribution in [3.8, 4) is 0 Å². The molecule has 0 rings (SSSR count). The molecular weight excluding hydrogens is 314 g/mol. The summed E-state index contributed by atoms with van der Waals surface area (Å²) in [6.45, 7) is 3.26. The van der Waals surface area contributed by atoms with Crippen molar-refractivity contribution in [2.24, 2.45) is 0 Å². The van der Waals surface area contributed by atoms with E-state index in [0.29, 0.717) is 12.8 Å². The van der Waals surface area contributed by atoms with Crippen LogP contribution in [0.5, 0.6) is 0 Å². The molecule has 0 spiro atoms. The molecule has 0 radical (unpaired) electrons. The van der Waals surface area contributed by atoms with Gasteiger partial charge < -0.3 is 0 Å². The largest absolute Gasteiger partial charge is 0.597 e. The van der Waals surface area contributed by atoms with Crippen LogP contribution in [0.15, 0.2) is 12.7 Å². The second kappa shape index (κ2) is 10.2. The first kappa shape index (κ1) is 20.5. The van der Waals surface area contributed by atoms with Gasteiger partial charge in [-0.15, -0.1) is 19.9 Å². The Bertz CT molecular complexity index is 318. The Morgan fingerprint density at radius 2 is 1.38 bits per heavy atom. The minimum Gasteiger partial charge on any atom is -0.161 e. The van der Waals surface area contributed by atoms with Crippen LogP contribution in [0.3, 0.4) is 0 Å². The van der Waals surface area contributed by atoms with Gasteiger partial charge in [0, 0.05) is 0 Å². The Balaban J connectivity index is 3.59. The van der Waals surface area contributed by atoms with Gasteiger partial charge in [0.15, 0.2) is 0 Å².